The Kier molecular flexibility index (Phi) is 4.05. The number of thioether (sulfide) groups is 1. The summed E-state index contributed by atoms with van der Waals surface area (Å²) >= 11 is 1.29. The normalized spacial score (nSPS) is 13.9. The number of Topliss-reactive ketones (excluding diaryl/α,β-unsaturated/α-hetero) is 1. The monoisotopic (exact) mass is 352 g/mol. The Labute approximate surface area is 148 Å². The van der Waals surface area contributed by atoms with Gasteiger partial charge < -0.3 is 5.11 Å². The van der Waals surface area contributed by atoms with E-state index in [1.165, 1.54) is 23.9 Å². The van der Waals surface area contributed by atoms with Crippen LogP contribution in [0.15, 0.2) is 58.5 Å². The van der Waals surface area contributed by atoms with E-state index in [1.54, 1.807) is 22.8 Å². The van der Waals surface area contributed by atoms with Gasteiger partial charge in [-0.15, -0.1) is 0 Å². The van der Waals surface area contributed by atoms with Gasteiger partial charge in [0.2, 0.25) is 0 Å². The zero-order chi connectivity index (χ0) is 17.4. The summed E-state index contributed by atoms with van der Waals surface area (Å²) in [5.74, 6) is 0.264. The van der Waals surface area contributed by atoms with Crippen LogP contribution < -0.4 is 5.56 Å². The summed E-state index contributed by atoms with van der Waals surface area (Å²) < 4.78 is 1.73. The molecule has 0 spiro atoms. The molecule has 1 fully saturated rings. The van der Waals surface area contributed by atoms with Crippen LogP contribution in [0.3, 0.4) is 0 Å². The Balaban J connectivity index is 1.64. The first kappa shape index (κ1) is 15.9. The third kappa shape index (κ3) is 3.17. The van der Waals surface area contributed by atoms with Crippen molar-refractivity contribution in [2.45, 2.75) is 24.0 Å². The molecule has 3 aromatic rings. The van der Waals surface area contributed by atoms with E-state index in [-0.39, 0.29) is 28.9 Å². The number of fused-ring (bicyclic) bond motifs is 1. The first-order valence-electron chi connectivity index (χ1n) is 8.10. The third-order valence-electron chi connectivity index (χ3n) is 4.21. The van der Waals surface area contributed by atoms with Crippen molar-refractivity contribution in [1.82, 2.24) is 9.55 Å². The van der Waals surface area contributed by atoms with Gasteiger partial charge in [-0.25, -0.2) is 4.98 Å². The molecule has 126 valence electrons. The molecule has 4 rings (SSSR count). The predicted molar refractivity (Wildman–Crippen MR) is 97.4 cm³/mol. The maximum absolute atomic E-state index is 12.8. The highest BCUT2D eigenvalue weighted by atomic mass is 32.2. The Morgan fingerprint density at radius 3 is 2.60 bits per heavy atom. The van der Waals surface area contributed by atoms with Crippen molar-refractivity contribution in [3.63, 3.8) is 0 Å². The van der Waals surface area contributed by atoms with Crippen molar-refractivity contribution in [2.24, 2.45) is 0 Å². The van der Waals surface area contributed by atoms with Crippen LogP contribution in [0.25, 0.3) is 10.9 Å². The van der Waals surface area contributed by atoms with Gasteiger partial charge in [0.25, 0.3) is 5.56 Å². The van der Waals surface area contributed by atoms with E-state index >= 15 is 0 Å². The number of carbonyl (C=O) groups is 1. The molecule has 0 bridgehead atoms. The molecule has 1 heterocycles. The summed E-state index contributed by atoms with van der Waals surface area (Å²) in [6.07, 6.45) is 1.94. The number of hydrogen-bond acceptors (Lipinski definition) is 5. The molecule has 5 nitrogen and oxygen atoms in total. The fraction of sp³-hybridized carbons (Fsp3) is 0.211. The van der Waals surface area contributed by atoms with Crippen molar-refractivity contribution in [3.8, 4) is 5.75 Å². The molecule has 0 saturated heterocycles. The standard InChI is InChI=1S/C19H16N2O3S/c22-14-9-5-12(6-10-14)17(23)11-25-19-20-16-4-2-1-3-15(16)18(24)21(19)13-7-8-13/h1-6,9-10,13,22H,7-8,11H2. The number of ketones is 1. The molecule has 2 aromatic carbocycles. The molecule has 0 amide bonds. The molecule has 0 atom stereocenters. The number of phenolic OH excluding ortho intramolecular Hbond substituents is 1. The smallest absolute Gasteiger partial charge is 0.262 e. The van der Waals surface area contributed by atoms with E-state index in [1.807, 2.05) is 18.2 Å². The maximum atomic E-state index is 12.8. The topological polar surface area (TPSA) is 72.2 Å². The van der Waals surface area contributed by atoms with Gasteiger partial charge in [-0.3, -0.25) is 14.2 Å². The van der Waals surface area contributed by atoms with Crippen molar-refractivity contribution in [2.75, 3.05) is 5.75 Å². The molecule has 25 heavy (non-hydrogen) atoms. The zero-order valence-electron chi connectivity index (χ0n) is 13.4. The van der Waals surface area contributed by atoms with Gasteiger partial charge in [0, 0.05) is 11.6 Å². The second kappa shape index (κ2) is 6.37. The number of aromatic nitrogens is 2. The van der Waals surface area contributed by atoms with Gasteiger partial charge in [-0.2, -0.15) is 0 Å². The summed E-state index contributed by atoms with van der Waals surface area (Å²) in [7, 11) is 0. The zero-order valence-corrected chi connectivity index (χ0v) is 14.2. The molecule has 0 radical (unpaired) electrons. The number of hydrogen-bond donors (Lipinski definition) is 1. The first-order valence-corrected chi connectivity index (χ1v) is 9.08. The fourth-order valence-electron chi connectivity index (χ4n) is 2.74. The van der Waals surface area contributed by atoms with Crippen molar-refractivity contribution in [1.29, 1.82) is 0 Å². The van der Waals surface area contributed by atoms with E-state index in [4.69, 9.17) is 0 Å². The van der Waals surface area contributed by atoms with E-state index in [0.29, 0.717) is 21.6 Å². The van der Waals surface area contributed by atoms with E-state index in [0.717, 1.165) is 12.8 Å². The average Bonchev–Trinajstić information content (AvgIpc) is 3.45. The van der Waals surface area contributed by atoms with Crippen LogP contribution >= 0.6 is 11.8 Å². The van der Waals surface area contributed by atoms with Crippen molar-refractivity contribution < 1.29 is 9.90 Å². The Morgan fingerprint density at radius 2 is 1.88 bits per heavy atom. The average molecular weight is 352 g/mol. The second-order valence-corrected chi connectivity index (χ2v) is 7.02. The lowest BCUT2D eigenvalue weighted by Gasteiger charge is -2.12. The molecule has 1 aromatic heterocycles. The van der Waals surface area contributed by atoms with Crippen LogP contribution in [0.1, 0.15) is 29.2 Å². The van der Waals surface area contributed by atoms with Crippen LogP contribution in [-0.2, 0) is 0 Å². The molecule has 0 unspecified atom stereocenters. The molecule has 6 heteroatoms. The molecule has 0 aliphatic heterocycles. The Bertz CT molecular complexity index is 1010. The van der Waals surface area contributed by atoms with E-state index in [9.17, 15) is 14.7 Å². The lowest BCUT2D eigenvalue weighted by atomic mass is 10.1. The number of nitrogens with zero attached hydrogens (tertiary/aromatic N) is 2. The van der Waals surface area contributed by atoms with Crippen molar-refractivity contribution in [3.05, 3.63) is 64.4 Å². The summed E-state index contributed by atoms with van der Waals surface area (Å²) in [6, 6.07) is 13.7. The third-order valence-corrected chi connectivity index (χ3v) is 5.16. The van der Waals surface area contributed by atoms with Crippen LogP contribution in [0.4, 0.5) is 0 Å². The van der Waals surface area contributed by atoms with Crippen LogP contribution in [0.5, 0.6) is 5.75 Å². The number of rotatable bonds is 5. The molecular formula is C19H16N2O3S. The lowest BCUT2D eigenvalue weighted by molar-refractivity contribution is 0.102. The largest absolute Gasteiger partial charge is 0.508 e. The van der Waals surface area contributed by atoms with Crippen LogP contribution in [-0.4, -0.2) is 26.2 Å². The van der Waals surface area contributed by atoms with E-state index < -0.39 is 0 Å². The van der Waals surface area contributed by atoms with Gasteiger partial charge in [0.1, 0.15) is 5.75 Å². The van der Waals surface area contributed by atoms with Crippen LogP contribution in [0.2, 0.25) is 0 Å². The van der Waals surface area contributed by atoms with Gasteiger partial charge in [0.05, 0.1) is 16.7 Å². The quantitative estimate of drug-likeness (QED) is 0.433. The van der Waals surface area contributed by atoms with E-state index in [2.05, 4.69) is 4.98 Å². The minimum atomic E-state index is -0.0604. The molecule has 1 N–H and O–H groups in total. The first-order chi connectivity index (χ1) is 12.1. The summed E-state index contributed by atoms with van der Waals surface area (Å²) in [5, 5.41) is 10.5. The van der Waals surface area contributed by atoms with Crippen LogP contribution in [0, 0.1) is 0 Å². The number of phenols is 1. The summed E-state index contributed by atoms with van der Waals surface area (Å²) in [4.78, 5) is 29.7. The number of aromatic hydroxyl groups is 1. The highest BCUT2D eigenvalue weighted by Gasteiger charge is 2.28. The highest BCUT2D eigenvalue weighted by molar-refractivity contribution is 7.99. The Hall–Kier alpha value is -2.60. The SMILES string of the molecule is O=C(CSc1nc2ccccc2c(=O)n1C1CC1)c1ccc(O)cc1. The molecule has 1 saturated carbocycles. The number of para-hydroxylation sites is 1. The highest BCUT2D eigenvalue weighted by Crippen LogP contribution is 2.36. The summed E-state index contributed by atoms with van der Waals surface area (Å²) in [5.41, 5.74) is 1.16. The fourth-order valence-corrected chi connectivity index (χ4v) is 3.70. The summed E-state index contributed by atoms with van der Waals surface area (Å²) in [6.45, 7) is 0. The minimum Gasteiger partial charge on any atom is -0.508 e. The van der Waals surface area contributed by atoms with Gasteiger partial charge in [-0.1, -0.05) is 23.9 Å². The molecule has 1 aliphatic rings. The van der Waals surface area contributed by atoms with Gasteiger partial charge >= 0.3 is 0 Å². The van der Waals surface area contributed by atoms with Crippen molar-refractivity contribution >= 4 is 28.4 Å². The maximum Gasteiger partial charge on any atom is 0.262 e. The lowest BCUT2D eigenvalue weighted by Crippen LogP contribution is -2.22. The predicted octanol–water partition coefficient (Wildman–Crippen LogP) is 3.41. The number of benzene rings is 2. The second-order valence-electron chi connectivity index (χ2n) is 6.08. The van der Waals surface area contributed by atoms with Gasteiger partial charge in [0.15, 0.2) is 10.9 Å². The Morgan fingerprint density at radius 1 is 1.16 bits per heavy atom. The molecule has 1 aliphatic carbocycles. The molecular weight excluding hydrogens is 336 g/mol. The minimum absolute atomic E-state index is 0.0346. The van der Waals surface area contributed by atoms with Gasteiger partial charge in [-0.05, 0) is 49.2 Å². The number of carbonyl (C=O) groups excluding carboxylic acids is 1.